The molecule has 0 saturated carbocycles. The second kappa shape index (κ2) is 4.55. The largest absolute Gasteiger partial charge is 0.389 e. The van der Waals surface area contributed by atoms with Crippen LogP contribution < -0.4 is 5.73 Å². The van der Waals surface area contributed by atoms with Crippen molar-refractivity contribution in [1.29, 1.82) is 0 Å². The van der Waals surface area contributed by atoms with Crippen molar-refractivity contribution in [3.05, 3.63) is 35.4 Å². The lowest BCUT2D eigenvalue weighted by Gasteiger charge is -2.24. The Bertz CT molecular complexity index is 432. The Morgan fingerprint density at radius 1 is 1.33 bits per heavy atom. The number of alkyl halides is 3. The normalized spacial score (nSPS) is 27.3. The van der Waals surface area contributed by atoms with E-state index in [1.807, 2.05) is 12.1 Å². The zero-order valence-corrected chi connectivity index (χ0v) is 9.87. The van der Waals surface area contributed by atoms with Gasteiger partial charge in [0.1, 0.15) is 0 Å². The van der Waals surface area contributed by atoms with E-state index in [1.54, 1.807) is 12.1 Å². The Hall–Kier alpha value is -1.07. The minimum Gasteiger partial charge on any atom is -0.385 e. The molecule has 0 spiro atoms. The molecule has 2 unspecified atom stereocenters. The molecular weight excluding hydrogens is 243 g/mol. The second-order valence-electron chi connectivity index (χ2n) is 4.90. The molecule has 0 radical (unpaired) electrons. The van der Waals surface area contributed by atoms with Crippen molar-refractivity contribution >= 4 is 0 Å². The third-order valence-electron chi connectivity index (χ3n) is 3.47. The first kappa shape index (κ1) is 13.4. The Kier molecular flexibility index (Phi) is 3.38. The smallest absolute Gasteiger partial charge is 0.385 e. The van der Waals surface area contributed by atoms with Crippen molar-refractivity contribution < 1.29 is 18.3 Å². The third kappa shape index (κ3) is 2.67. The van der Waals surface area contributed by atoms with Gasteiger partial charge in [-0.3, -0.25) is 0 Å². The quantitative estimate of drug-likeness (QED) is 0.876. The van der Waals surface area contributed by atoms with Gasteiger partial charge >= 0.3 is 6.18 Å². The molecule has 5 heteroatoms. The van der Waals surface area contributed by atoms with Gasteiger partial charge in [0, 0.05) is 12.5 Å². The molecular formula is C13H16F3NO. The molecule has 0 aromatic heterocycles. The van der Waals surface area contributed by atoms with E-state index in [0.29, 0.717) is 12.0 Å². The second-order valence-corrected chi connectivity index (χ2v) is 4.90. The van der Waals surface area contributed by atoms with Crippen LogP contribution in [0.25, 0.3) is 0 Å². The van der Waals surface area contributed by atoms with Crippen molar-refractivity contribution in [3.63, 3.8) is 0 Å². The number of aliphatic hydroxyl groups is 1. The van der Waals surface area contributed by atoms with Crippen LogP contribution >= 0.6 is 0 Å². The van der Waals surface area contributed by atoms with Gasteiger partial charge in [0.25, 0.3) is 0 Å². The molecule has 1 aliphatic carbocycles. The van der Waals surface area contributed by atoms with Gasteiger partial charge in [-0.2, -0.15) is 13.2 Å². The number of benzene rings is 1. The molecule has 0 fully saturated rings. The SMILES string of the molecule is NC1CC(O)(CCCC(F)(F)F)c2ccccc21. The summed E-state index contributed by atoms with van der Waals surface area (Å²) in [5.74, 6) is 0. The van der Waals surface area contributed by atoms with Gasteiger partial charge in [-0.15, -0.1) is 0 Å². The van der Waals surface area contributed by atoms with E-state index in [4.69, 9.17) is 5.73 Å². The molecule has 2 rings (SSSR count). The van der Waals surface area contributed by atoms with E-state index in [1.165, 1.54) is 0 Å². The highest BCUT2D eigenvalue weighted by atomic mass is 19.4. The summed E-state index contributed by atoms with van der Waals surface area (Å²) in [6, 6.07) is 6.86. The lowest BCUT2D eigenvalue weighted by molar-refractivity contribution is -0.138. The Morgan fingerprint density at radius 2 is 2.00 bits per heavy atom. The Morgan fingerprint density at radius 3 is 2.67 bits per heavy atom. The van der Waals surface area contributed by atoms with Crippen LogP contribution in [0.3, 0.4) is 0 Å². The zero-order chi connectivity index (χ0) is 13.4. The average Bonchev–Trinajstić information content (AvgIpc) is 2.51. The number of hydrogen-bond donors (Lipinski definition) is 2. The third-order valence-corrected chi connectivity index (χ3v) is 3.47. The van der Waals surface area contributed by atoms with Gasteiger partial charge in [-0.1, -0.05) is 24.3 Å². The first-order chi connectivity index (χ1) is 8.32. The van der Waals surface area contributed by atoms with Crippen molar-refractivity contribution in [1.82, 2.24) is 0 Å². The highest BCUT2D eigenvalue weighted by Gasteiger charge is 2.41. The van der Waals surface area contributed by atoms with Crippen LogP contribution in [0.5, 0.6) is 0 Å². The van der Waals surface area contributed by atoms with Crippen LogP contribution in [0.15, 0.2) is 24.3 Å². The number of rotatable bonds is 3. The lowest BCUT2D eigenvalue weighted by Crippen LogP contribution is -2.24. The first-order valence-corrected chi connectivity index (χ1v) is 5.96. The molecule has 2 atom stereocenters. The van der Waals surface area contributed by atoms with E-state index in [0.717, 1.165) is 5.56 Å². The molecule has 2 nitrogen and oxygen atoms in total. The van der Waals surface area contributed by atoms with Gasteiger partial charge < -0.3 is 10.8 Å². The summed E-state index contributed by atoms with van der Waals surface area (Å²) in [6.45, 7) is 0. The van der Waals surface area contributed by atoms with Crippen LogP contribution in [0.2, 0.25) is 0 Å². The molecule has 0 bridgehead atoms. The molecule has 100 valence electrons. The number of halogens is 3. The van der Waals surface area contributed by atoms with E-state index < -0.39 is 18.2 Å². The number of hydrogen-bond acceptors (Lipinski definition) is 2. The fourth-order valence-electron chi connectivity index (χ4n) is 2.65. The fraction of sp³-hybridized carbons (Fsp3) is 0.538. The zero-order valence-electron chi connectivity index (χ0n) is 9.87. The van der Waals surface area contributed by atoms with Crippen molar-refractivity contribution in [2.24, 2.45) is 5.73 Å². The van der Waals surface area contributed by atoms with Crippen molar-refractivity contribution in [3.8, 4) is 0 Å². The molecule has 1 aromatic rings. The van der Waals surface area contributed by atoms with Gasteiger partial charge in [-0.25, -0.2) is 0 Å². The molecule has 1 aliphatic rings. The van der Waals surface area contributed by atoms with Crippen LogP contribution in [0.1, 0.15) is 42.9 Å². The minimum absolute atomic E-state index is 0.0823. The minimum atomic E-state index is -4.17. The monoisotopic (exact) mass is 259 g/mol. The maximum atomic E-state index is 12.1. The molecule has 0 heterocycles. The van der Waals surface area contributed by atoms with Crippen LogP contribution in [-0.4, -0.2) is 11.3 Å². The van der Waals surface area contributed by atoms with E-state index in [-0.39, 0.29) is 18.9 Å². The topological polar surface area (TPSA) is 46.2 Å². The number of fused-ring (bicyclic) bond motifs is 1. The lowest BCUT2D eigenvalue weighted by atomic mass is 9.90. The van der Waals surface area contributed by atoms with Gasteiger partial charge in [-0.05, 0) is 30.4 Å². The summed E-state index contributed by atoms with van der Waals surface area (Å²) in [5.41, 5.74) is 6.21. The van der Waals surface area contributed by atoms with Gasteiger partial charge in [0.2, 0.25) is 0 Å². The molecule has 0 amide bonds. The van der Waals surface area contributed by atoms with Crippen molar-refractivity contribution in [2.75, 3.05) is 0 Å². The number of nitrogens with two attached hydrogens (primary N) is 1. The molecule has 0 aliphatic heterocycles. The van der Waals surface area contributed by atoms with Gasteiger partial charge in [0.05, 0.1) is 5.60 Å². The van der Waals surface area contributed by atoms with E-state index >= 15 is 0 Å². The molecule has 0 saturated heterocycles. The highest BCUT2D eigenvalue weighted by molar-refractivity contribution is 5.39. The average molecular weight is 259 g/mol. The summed E-state index contributed by atoms with van der Waals surface area (Å²) in [4.78, 5) is 0. The predicted molar refractivity (Wildman–Crippen MR) is 61.8 cm³/mol. The maximum Gasteiger partial charge on any atom is 0.389 e. The van der Waals surface area contributed by atoms with Crippen molar-refractivity contribution in [2.45, 2.75) is 43.5 Å². The van der Waals surface area contributed by atoms with E-state index in [2.05, 4.69) is 0 Å². The Balaban J connectivity index is 2.09. The summed E-state index contributed by atoms with van der Waals surface area (Å²) >= 11 is 0. The summed E-state index contributed by atoms with van der Waals surface area (Å²) < 4.78 is 36.4. The molecule has 3 N–H and O–H groups in total. The van der Waals surface area contributed by atoms with E-state index in [9.17, 15) is 18.3 Å². The standard InChI is InChI=1S/C13H16F3NO/c14-13(15,16)7-3-6-12(18)8-11(17)9-4-1-2-5-10(9)12/h1-2,4-5,11,18H,3,6-8,17H2. The summed E-state index contributed by atoms with van der Waals surface area (Å²) in [5, 5.41) is 10.5. The molecule has 1 aromatic carbocycles. The Labute approximate surface area is 104 Å². The fourth-order valence-corrected chi connectivity index (χ4v) is 2.65. The van der Waals surface area contributed by atoms with Crippen LogP contribution in [0.4, 0.5) is 13.2 Å². The highest BCUT2D eigenvalue weighted by Crippen LogP contribution is 2.45. The predicted octanol–water partition coefficient (Wildman–Crippen LogP) is 3.01. The van der Waals surface area contributed by atoms with Gasteiger partial charge in [0.15, 0.2) is 0 Å². The van der Waals surface area contributed by atoms with Crippen LogP contribution in [0, 0.1) is 0 Å². The first-order valence-electron chi connectivity index (χ1n) is 5.96. The summed E-state index contributed by atoms with van der Waals surface area (Å²) in [7, 11) is 0. The molecule has 18 heavy (non-hydrogen) atoms. The van der Waals surface area contributed by atoms with Crippen LogP contribution in [-0.2, 0) is 5.60 Å². The summed E-state index contributed by atoms with van der Waals surface area (Å²) in [6.07, 6.45) is -4.73. The maximum absolute atomic E-state index is 12.1.